The number of likely N-dealkylation sites (tertiary alicyclic amines) is 1. The Morgan fingerprint density at radius 2 is 1.77 bits per heavy atom. The van der Waals surface area contributed by atoms with Crippen LogP contribution in [0.5, 0.6) is 5.75 Å². The van der Waals surface area contributed by atoms with Gasteiger partial charge in [0.25, 0.3) is 5.91 Å². The zero-order valence-corrected chi connectivity index (χ0v) is 18.0. The smallest absolute Gasteiger partial charge is 0.258 e. The fraction of sp³-hybridized carbons (Fsp3) is 0.375. The normalized spacial score (nSPS) is 15.6. The Bertz CT molecular complexity index is 930. The third-order valence-corrected chi connectivity index (χ3v) is 5.40. The molecule has 1 unspecified atom stereocenters. The molecule has 164 valence electrons. The SMILES string of the molecule is Cc1ccc(OCC(=O)NCCNC(=O)C2CC(=O)N(Cc3ccccc3)C2)cc1C. The Morgan fingerprint density at radius 1 is 1.03 bits per heavy atom. The first-order valence-electron chi connectivity index (χ1n) is 10.5. The lowest BCUT2D eigenvalue weighted by Crippen LogP contribution is -2.39. The van der Waals surface area contributed by atoms with Gasteiger partial charge in [-0.3, -0.25) is 14.4 Å². The van der Waals surface area contributed by atoms with Crippen molar-refractivity contribution in [3.05, 3.63) is 65.2 Å². The molecule has 1 fully saturated rings. The van der Waals surface area contributed by atoms with Gasteiger partial charge in [0.1, 0.15) is 5.75 Å². The average Bonchev–Trinajstić information content (AvgIpc) is 3.13. The first kappa shape index (κ1) is 22.3. The maximum Gasteiger partial charge on any atom is 0.258 e. The molecule has 2 N–H and O–H groups in total. The summed E-state index contributed by atoms with van der Waals surface area (Å²) in [6.07, 6.45) is 0.217. The summed E-state index contributed by atoms with van der Waals surface area (Å²) >= 11 is 0. The lowest BCUT2D eigenvalue weighted by molar-refractivity contribution is -0.129. The fourth-order valence-corrected chi connectivity index (χ4v) is 3.44. The lowest BCUT2D eigenvalue weighted by Gasteiger charge is -2.16. The van der Waals surface area contributed by atoms with Gasteiger partial charge in [-0.25, -0.2) is 0 Å². The molecule has 0 aliphatic carbocycles. The monoisotopic (exact) mass is 423 g/mol. The molecule has 0 bridgehead atoms. The Balaban J connectivity index is 1.33. The van der Waals surface area contributed by atoms with Gasteiger partial charge in [0.15, 0.2) is 6.61 Å². The molecule has 2 aromatic carbocycles. The van der Waals surface area contributed by atoms with Crippen LogP contribution in [0.3, 0.4) is 0 Å². The number of amides is 3. The zero-order valence-electron chi connectivity index (χ0n) is 18.0. The lowest BCUT2D eigenvalue weighted by atomic mass is 10.1. The Labute approximate surface area is 182 Å². The van der Waals surface area contributed by atoms with Gasteiger partial charge in [0, 0.05) is 32.6 Å². The van der Waals surface area contributed by atoms with Crippen LogP contribution >= 0.6 is 0 Å². The van der Waals surface area contributed by atoms with Gasteiger partial charge in [0.05, 0.1) is 5.92 Å². The van der Waals surface area contributed by atoms with Crippen LogP contribution in [0.1, 0.15) is 23.1 Å². The second-order valence-corrected chi connectivity index (χ2v) is 7.84. The fourth-order valence-electron chi connectivity index (χ4n) is 3.44. The molecule has 3 rings (SSSR count). The number of aryl methyl sites for hydroxylation is 2. The van der Waals surface area contributed by atoms with Crippen molar-refractivity contribution >= 4 is 17.7 Å². The van der Waals surface area contributed by atoms with Crippen LogP contribution in [0.2, 0.25) is 0 Å². The number of rotatable bonds is 9. The van der Waals surface area contributed by atoms with Crippen molar-refractivity contribution in [2.75, 3.05) is 26.2 Å². The van der Waals surface area contributed by atoms with Crippen molar-refractivity contribution < 1.29 is 19.1 Å². The molecule has 31 heavy (non-hydrogen) atoms. The number of carbonyl (C=O) groups excluding carboxylic acids is 3. The van der Waals surface area contributed by atoms with E-state index in [1.807, 2.05) is 62.4 Å². The van der Waals surface area contributed by atoms with E-state index < -0.39 is 0 Å². The summed E-state index contributed by atoms with van der Waals surface area (Å²) in [7, 11) is 0. The molecule has 7 nitrogen and oxygen atoms in total. The highest BCUT2D eigenvalue weighted by Gasteiger charge is 2.33. The number of benzene rings is 2. The van der Waals surface area contributed by atoms with Crippen molar-refractivity contribution in [2.45, 2.75) is 26.8 Å². The van der Waals surface area contributed by atoms with Crippen LogP contribution in [-0.2, 0) is 20.9 Å². The summed E-state index contributed by atoms with van der Waals surface area (Å²) in [6.45, 7) is 5.46. The molecule has 0 aromatic heterocycles. The largest absolute Gasteiger partial charge is 0.484 e. The summed E-state index contributed by atoms with van der Waals surface area (Å²) in [4.78, 5) is 38.2. The maximum absolute atomic E-state index is 12.4. The van der Waals surface area contributed by atoms with E-state index in [2.05, 4.69) is 10.6 Å². The topological polar surface area (TPSA) is 87.7 Å². The number of ether oxygens (including phenoxy) is 1. The van der Waals surface area contributed by atoms with Crippen molar-refractivity contribution in [3.8, 4) is 5.75 Å². The van der Waals surface area contributed by atoms with Crippen molar-refractivity contribution in [1.29, 1.82) is 0 Å². The van der Waals surface area contributed by atoms with Crippen molar-refractivity contribution in [3.63, 3.8) is 0 Å². The number of hydrogen-bond donors (Lipinski definition) is 2. The van der Waals surface area contributed by atoms with Gasteiger partial charge < -0.3 is 20.3 Å². The molecule has 2 aromatic rings. The first-order chi connectivity index (χ1) is 14.9. The second-order valence-electron chi connectivity index (χ2n) is 7.84. The van der Waals surface area contributed by atoms with E-state index in [4.69, 9.17) is 4.74 Å². The molecule has 0 radical (unpaired) electrons. The second kappa shape index (κ2) is 10.6. The van der Waals surface area contributed by atoms with Gasteiger partial charge in [-0.2, -0.15) is 0 Å². The summed E-state index contributed by atoms with van der Waals surface area (Å²) in [6, 6.07) is 15.4. The summed E-state index contributed by atoms with van der Waals surface area (Å²) < 4.78 is 5.49. The molecule has 1 aliphatic heterocycles. The molecule has 0 spiro atoms. The van der Waals surface area contributed by atoms with Crippen LogP contribution in [-0.4, -0.2) is 48.9 Å². The highest BCUT2D eigenvalue weighted by Crippen LogP contribution is 2.20. The Kier molecular flexibility index (Phi) is 7.65. The van der Waals surface area contributed by atoms with E-state index in [9.17, 15) is 14.4 Å². The van der Waals surface area contributed by atoms with Crippen LogP contribution in [0.4, 0.5) is 0 Å². The minimum atomic E-state index is -0.361. The summed E-state index contributed by atoms with van der Waals surface area (Å²) in [5.74, 6) is -0.138. The molecule has 3 amide bonds. The minimum Gasteiger partial charge on any atom is -0.484 e. The molecule has 0 saturated carbocycles. The highest BCUT2D eigenvalue weighted by atomic mass is 16.5. The van der Waals surface area contributed by atoms with Crippen LogP contribution < -0.4 is 15.4 Å². The van der Waals surface area contributed by atoms with Gasteiger partial charge in [-0.05, 0) is 42.7 Å². The minimum absolute atomic E-state index is 0.0132. The number of hydrogen-bond acceptors (Lipinski definition) is 4. The Morgan fingerprint density at radius 3 is 2.52 bits per heavy atom. The molecule has 1 heterocycles. The molecular weight excluding hydrogens is 394 g/mol. The van der Waals surface area contributed by atoms with E-state index in [0.717, 1.165) is 11.1 Å². The van der Waals surface area contributed by atoms with Gasteiger partial charge >= 0.3 is 0 Å². The van der Waals surface area contributed by atoms with Crippen molar-refractivity contribution in [1.82, 2.24) is 15.5 Å². The predicted molar refractivity (Wildman–Crippen MR) is 117 cm³/mol. The standard InChI is InChI=1S/C24H29N3O4/c1-17-8-9-21(12-18(17)2)31-16-22(28)25-10-11-26-24(30)20-13-23(29)27(15-20)14-19-6-4-3-5-7-19/h3-9,12,20H,10-11,13-16H2,1-2H3,(H,25,28)(H,26,30). The number of nitrogens with zero attached hydrogens (tertiary/aromatic N) is 1. The highest BCUT2D eigenvalue weighted by molar-refractivity contribution is 5.89. The van der Waals surface area contributed by atoms with Gasteiger partial charge in [0.2, 0.25) is 11.8 Å². The molecule has 1 aliphatic rings. The molecular formula is C24H29N3O4. The van der Waals surface area contributed by atoms with Crippen LogP contribution in [0.25, 0.3) is 0 Å². The van der Waals surface area contributed by atoms with Gasteiger partial charge in [-0.1, -0.05) is 36.4 Å². The zero-order chi connectivity index (χ0) is 22.2. The van der Waals surface area contributed by atoms with Crippen molar-refractivity contribution in [2.24, 2.45) is 5.92 Å². The maximum atomic E-state index is 12.4. The summed E-state index contributed by atoms with van der Waals surface area (Å²) in [5.41, 5.74) is 3.32. The number of nitrogens with one attached hydrogen (secondary N) is 2. The van der Waals surface area contributed by atoms with E-state index in [0.29, 0.717) is 31.9 Å². The average molecular weight is 424 g/mol. The summed E-state index contributed by atoms with van der Waals surface area (Å²) in [5, 5.41) is 5.52. The predicted octanol–water partition coefficient (Wildman–Crippen LogP) is 1.96. The van der Waals surface area contributed by atoms with Crippen LogP contribution in [0.15, 0.2) is 48.5 Å². The quantitative estimate of drug-likeness (QED) is 0.604. The van der Waals surface area contributed by atoms with E-state index in [1.165, 1.54) is 5.56 Å². The number of carbonyl (C=O) groups is 3. The van der Waals surface area contributed by atoms with E-state index in [1.54, 1.807) is 4.90 Å². The third-order valence-electron chi connectivity index (χ3n) is 5.40. The van der Waals surface area contributed by atoms with E-state index >= 15 is 0 Å². The van der Waals surface area contributed by atoms with Gasteiger partial charge in [-0.15, -0.1) is 0 Å². The third kappa shape index (κ3) is 6.57. The molecule has 7 heteroatoms. The van der Waals surface area contributed by atoms with Crippen LogP contribution in [0, 0.1) is 19.8 Å². The first-order valence-corrected chi connectivity index (χ1v) is 10.5. The molecule has 1 saturated heterocycles. The Hall–Kier alpha value is -3.35. The molecule has 1 atom stereocenters. The van der Waals surface area contributed by atoms with E-state index in [-0.39, 0.29) is 36.7 Å².